The first-order valence-electron chi connectivity index (χ1n) is 8.05. The number of nitrogens with one attached hydrogen (secondary N) is 1. The summed E-state index contributed by atoms with van der Waals surface area (Å²) in [6, 6.07) is 6.00. The Hall–Kier alpha value is -2.51. The van der Waals surface area contributed by atoms with Crippen LogP contribution >= 0.6 is 0 Å². The standard InChI is InChI=1S/C17H19N5O2/c1-2-16(24-7-1)15(22-5-8-23-9-6-22)11-19-17-13-3-4-18-10-14(13)20-12-21-17/h1-4,7,10,12,15H,5-6,8-9,11H2,(H,19,20,21). The third-order valence-corrected chi connectivity index (χ3v) is 4.26. The van der Waals surface area contributed by atoms with Crippen molar-refractivity contribution in [2.75, 3.05) is 38.2 Å². The summed E-state index contributed by atoms with van der Waals surface area (Å²) in [5, 5.41) is 4.42. The topological polar surface area (TPSA) is 76.3 Å². The van der Waals surface area contributed by atoms with Crippen LogP contribution in [0, 0.1) is 0 Å². The normalized spacial score (nSPS) is 17.0. The second-order valence-electron chi connectivity index (χ2n) is 5.68. The minimum absolute atomic E-state index is 0.135. The highest BCUT2D eigenvalue weighted by Gasteiger charge is 2.24. The van der Waals surface area contributed by atoms with Crippen LogP contribution in [0.2, 0.25) is 0 Å². The highest BCUT2D eigenvalue weighted by atomic mass is 16.5. The van der Waals surface area contributed by atoms with Gasteiger partial charge in [0.15, 0.2) is 0 Å². The van der Waals surface area contributed by atoms with Crippen LogP contribution in [0.1, 0.15) is 11.8 Å². The fraction of sp³-hybridized carbons (Fsp3) is 0.353. The van der Waals surface area contributed by atoms with E-state index in [9.17, 15) is 0 Å². The van der Waals surface area contributed by atoms with Crippen LogP contribution < -0.4 is 5.32 Å². The summed E-state index contributed by atoms with van der Waals surface area (Å²) in [5.41, 5.74) is 0.830. The van der Waals surface area contributed by atoms with Gasteiger partial charge in [0.25, 0.3) is 0 Å². The predicted molar refractivity (Wildman–Crippen MR) is 89.7 cm³/mol. The minimum atomic E-state index is 0.135. The maximum atomic E-state index is 5.66. The number of furan rings is 1. The summed E-state index contributed by atoms with van der Waals surface area (Å²) in [4.78, 5) is 15.1. The van der Waals surface area contributed by atoms with Gasteiger partial charge in [0, 0.05) is 31.2 Å². The van der Waals surface area contributed by atoms with Gasteiger partial charge in [-0.25, -0.2) is 9.97 Å². The van der Waals surface area contributed by atoms with Gasteiger partial charge in [-0.15, -0.1) is 0 Å². The maximum Gasteiger partial charge on any atom is 0.137 e. The summed E-state index contributed by atoms with van der Waals surface area (Å²) >= 11 is 0. The van der Waals surface area contributed by atoms with E-state index < -0.39 is 0 Å². The SMILES string of the molecule is c1coc(C(CNc2ncnc3cnccc23)N2CCOCC2)c1. The molecule has 0 spiro atoms. The molecule has 1 unspecified atom stereocenters. The van der Waals surface area contributed by atoms with Gasteiger partial charge in [-0.3, -0.25) is 9.88 Å². The molecule has 7 nitrogen and oxygen atoms in total. The second-order valence-corrected chi connectivity index (χ2v) is 5.68. The van der Waals surface area contributed by atoms with Crippen molar-refractivity contribution in [1.82, 2.24) is 19.9 Å². The minimum Gasteiger partial charge on any atom is -0.468 e. The molecule has 0 aliphatic carbocycles. The lowest BCUT2D eigenvalue weighted by Gasteiger charge is -2.33. The Balaban J connectivity index is 1.56. The van der Waals surface area contributed by atoms with Gasteiger partial charge in [-0.1, -0.05) is 0 Å². The average Bonchev–Trinajstić information content (AvgIpc) is 3.17. The number of aromatic nitrogens is 3. The Morgan fingerprint density at radius 1 is 1.21 bits per heavy atom. The molecule has 1 aliphatic heterocycles. The van der Waals surface area contributed by atoms with Crippen molar-refractivity contribution < 1.29 is 9.15 Å². The molecule has 7 heteroatoms. The van der Waals surface area contributed by atoms with Crippen LogP contribution in [0.25, 0.3) is 10.9 Å². The van der Waals surface area contributed by atoms with Crippen LogP contribution in [-0.2, 0) is 4.74 Å². The first-order valence-corrected chi connectivity index (χ1v) is 8.05. The van der Waals surface area contributed by atoms with Gasteiger partial charge in [-0.2, -0.15) is 0 Å². The molecule has 0 aromatic carbocycles. The zero-order valence-electron chi connectivity index (χ0n) is 13.3. The van der Waals surface area contributed by atoms with E-state index in [2.05, 4.69) is 25.2 Å². The fourth-order valence-corrected chi connectivity index (χ4v) is 3.02. The lowest BCUT2D eigenvalue weighted by atomic mass is 10.1. The number of rotatable bonds is 5. The van der Waals surface area contributed by atoms with Gasteiger partial charge in [0.1, 0.15) is 17.9 Å². The van der Waals surface area contributed by atoms with Crippen molar-refractivity contribution in [2.45, 2.75) is 6.04 Å². The number of hydrogen-bond acceptors (Lipinski definition) is 7. The largest absolute Gasteiger partial charge is 0.468 e. The summed E-state index contributed by atoms with van der Waals surface area (Å²) in [5.74, 6) is 1.76. The van der Waals surface area contributed by atoms with Crippen LogP contribution in [-0.4, -0.2) is 52.7 Å². The van der Waals surface area contributed by atoms with Crippen LogP contribution in [0.15, 0.2) is 47.6 Å². The Bertz CT molecular complexity index is 781. The molecule has 0 radical (unpaired) electrons. The van der Waals surface area contributed by atoms with Crippen LogP contribution in [0.3, 0.4) is 0 Å². The van der Waals surface area contributed by atoms with E-state index in [1.54, 1.807) is 25.0 Å². The van der Waals surface area contributed by atoms with Crippen LogP contribution in [0.5, 0.6) is 0 Å². The van der Waals surface area contributed by atoms with Gasteiger partial charge >= 0.3 is 0 Å². The monoisotopic (exact) mass is 325 g/mol. The molecule has 1 aliphatic rings. The predicted octanol–water partition coefficient (Wildman–Crippen LogP) is 2.10. The molecule has 0 bridgehead atoms. The second kappa shape index (κ2) is 6.94. The van der Waals surface area contributed by atoms with Gasteiger partial charge < -0.3 is 14.5 Å². The zero-order valence-corrected chi connectivity index (χ0v) is 13.3. The number of morpholine rings is 1. The van der Waals surface area contributed by atoms with Crippen molar-refractivity contribution in [2.24, 2.45) is 0 Å². The van der Waals surface area contributed by atoms with Crippen molar-refractivity contribution >= 4 is 16.7 Å². The molecule has 1 fully saturated rings. The molecule has 0 saturated carbocycles. The molecular weight excluding hydrogens is 306 g/mol. The van der Waals surface area contributed by atoms with Crippen molar-refractivity contribution in [3.05, 3.63) is 48.9 Å². The number of fused-ring (bicyclic) bond motifs is 1. The van der Waals surface area contributed by atoms with Gasteiger partial charge in [-0.05, 0) is 18.2 Å². The molecule has 1 saturated heterocycles. The molecule has 3 aromatic heterocycles. The van der Waals surface area contributed by atoms with E-state index in [0.29, 0.717) is 6.54 Å². The molecule has 124 valence electrons. The van der Waals surface area contributed by atoms with Crippen molar-refractivity contribution in [1.29, 1.82) is 0 Å². The first-order chi connectivity index (χ1) is 11.9. The van der Waals surface area contributed by atoms with E-state index in [0.717, 1.165) is 48.8 Å². The summed E-state index contributed by atoms with van der Waals surface area (Å²) < 4.78 is 11.1. The van der Waals surface area contributed by atoms with Gasteiger partial charge in [0.2, 0.25) is 0 Å². The van der Waals surface area contributed by atoms with Gasteiger partial charge in [0.05, 0.1) is 37.2 Å². The van der Waals surface area contributed by atoms with E-state index in [1.807, 2.05) is 18.2 Å². The van der Waals surface area contributed by atoms with E-state index in [4.69, 9.17) is 9.15 Å². The Labute approximate surface area is 139 Å². The Kier molecular flexibility index (Phi) is 4.35. The first kappa shape index (κ1) is 15.0. The zero-order chi connectivity index (χ0) is 16.2. The summed E-state index contributed by atoms with van der Waals surface area (Å²) in [6.45, 7) is 3.98. The molecule has 3 aromatic rings. The average molecular weight is 325 g/mol. The Morgan fingerprint density at radius 2 is 2.12 bits per heavy atom. The molecule has 4 rings (SSSR count). The highest BCUT2D eigenvalue weighted by Crippen LogP contribution is 2.24. The van der Waals surface area contributed by atoms with Crippen molar-refractivity contribution in [3.63, 3.8) is 0 Å². The quantitative estimate of drug-likeness (QED) is 0.770. The smallest absolute Gasteiger partial charge is 0.137 e. The highest BCUT2D eigenvalue weighted by molar-refractivity contribution is 5.87. The summed E-state index contributed by atoms with van der Waals surface area (Å²) in [6.07, 6.45) is 6.77. The number of pyridine rings is 1. The lowest BCUT2D eigenvalue weighted by Crippen LogP contribution is -2.41. The molecule has 24 heavy (non-hydrogen) atoms. The molecule has 1 atom stereocenters. The number of hydrogen-bond donors (Lipinski definition) is 1. The molecular formula is C17H19N5O2. The Morgan fingerprint density at radius 3 is 2.96 bits per heavy atom. The fourth-order valence-electron chi connectivity index (χ4n) is 3.02. The molecule has 4 heterocycles. The van der Waals surface area contributed by atoms with Crippen LogP contribution in [0.4, 0.5) is 5.82 Å². The third-order valence-electron chi connectivity index (χ3n) is 4.26. The number of anilines is 1. The lowest BCUT2D eigenvalue weighted by molar-refractivity contribution is 0.0144. The third kappa shape index (κ3) is 3.08. The van der Waals surface area contributed by atoms with E-state index in [1.165, 1.54) is 0 Å². The molecule has 0 amide bonds. The summed E-state index contributed by atoms with van der Waals surface area (Å²) in [7, 11) is 0. The number of ether oxygens (including phenoxy) is 1. The maximum absolute atomic E-state index is 5.66. The van der Waals surface area contributed by atoms with E-state index >= 15 is 0 Å². The number of nitrogens with zero attached hydrogens (tertiary/aromatic N) is 4. The van der Waals surface area contributed by atoms with E-state index in [-0.39, 0.29) is 6.04 Å². The molecule has 1 N–H and O–H groups in total. The van der Waals surface area contributed by atoms with Crippen molar-refractivity contribution in [3.8, 4) is 0 Å².